The van der Waals surface area contributed by atoms with Crippen LogP contribution in [0.4, 0.5) is 10.3 Å². The molecule has 2 aromatic carbocycles. The van der Waals surface area contributed by atoms with Gasteiger partial charge in [-0.05, 0) is 48.5 Å². The highest BCUT2D eigenvalue weighted by Gasteiger charge is 2.18. The third-order valence-electron chi connectivity index (χ3n) is 4.02. The lowest BCUT2D eigenvalue weighted by Crippen LogP contribution is -2.14. The van der Waals surface area contributed by atoms with Crippen LogP contribution in [-0.4, -0.2) is 31.9 Å². The van der Waals surface area contributed by atoms with Crippen LogP contribution in [0.3, 0.4) is 0 Å². The van der Waals surface area contributed by atoms with Crippen LogP contribution in [0.25, 0.3) is 11.0 Å². The molecule has 9 heteroatoms. The van der Waals surface area contributed by atoms with Crippen molar-refractivity contribution >= 4 is 28.9 Å². The highest BCUT2D eigenvalue weighted by molar-refractivity contribution is 6.06. The summed E-state index contributed by atoms with van der Waals surface area (Å²) in [4.78, 5) is 35.1. The molecule has 0 spiro atoms. The Morgan fingerprint density at radius 1 is 1.03 bits per heavy atom. The van der Waals surface area contributed by atoms with Gasteiger partial charge in [0.2, 0.25) is 11.8 Å². The Morgan fingerprint density at radius 3 is 2.55 bits per heavy atom. The van der Waals surface area contributed by atoms with Crippen molar-refractivity contribution in [2.75, 3.05) is 5.32 Å². The summed E-state index contributed by atoms with van der Waals surface area (Å²) >= 11 is 0. The van der Waals surface area contributed by atoms with Gasteiger partial charge in [-0.15, -0.1) is 0 Å². The SMILES string of the molecule is O=C(Nc1nc2c(C(=O)O)cccc2[nH]1)c1cccnc1Oc1ccc(F)cc1. The summed E-state index contributed by atoms with van der Waals surface area (Å²) in [6.45, 7) is 0. The molecule has 0 fully saturated rings. The van der Waals surface area contributed by atoms with Gasteiger partial charge in [0, 0.05) is 6.20 Å². The molecule has 3 N–H and O–H groups in total. The maximum absolute atomic E-state index is 13.1. The minimum absolute atomic E-state index is 0.0148. The van der Waals surface area contributed by atoms with E-state index in [1.54, 1.807) is 18.2 Å². The number of rotatable bonds is 5. The number of benzene rings is 2. The molecule has 144 valence electrons. The van der Waals surface area contributed by atoms with Crippen molar-refractivity contribution in [1.29, 1.82) is 0 Å². The van der Waals surface area contributed by atoms with Crippen LogP contribution in [0, 0.1) is 5.82 Å². The van der Waals surface area contributed by atoms with E-state index < -0.39 is 17.7 Å². The molecule has 0 aliphatic rings. The fourth-order valence-electron chi connectivity index (χ4n) is 2.70. The second kappa shape index (κ2) is 7.39. The van der Waals surface area contributed by atoms with Crippen molar-refractivity contribution in [1.82, 2.24) is 15.0 Å². The van der Waals surface area contributed by atoms with E-state index in [9.17, 15) is 19.1 Å². The Kier molecular flexibility index (Phi) is 4.62. The van der Waals surface area contributed by atoms with Crippen molar-refractivity contribution in [3.05, 3.63) is 77.7 Å². The molecule has 0 saturated heterocycles. The van der Waals surface area contributed by atoms with Crippen molar-refractivity contribution < 1.29 is 23.8 Å². The summed E-state index contributed by atoms with van der Waals surface area (Å²) < 4.78 is 18.6. The fraction of sp³-hybridized carbons (Fsp3) is 0. The number of fused-ring (bicyclic) bond motifs is 1. The molecule has 4 aromatic rings. The number of ether oxygens (including phenoxy) is 1. The van der Waals surface area contributed by atoms with Crippen LogP contribution in [0.5, 0.6) is 11.6 Å². The number of aromatic amines is 1. The predicted molar refractivity (Wildman–Crippen MR) is 102 cm³/mol. The Labute approximate surface area is 163 Å². The van der Waals surface area contributed by atoms with E-state index in [2.05, 4.69) is 20.3 Å². The lowest BCUT2D eigenvalue weighted by Gasteiger charge is -2.09. The first kappa shape index (κ1) is 18.1. The zero-order valence-corrected chi connectivity index (χ0v) is 14.7. The van der Waals surface area contributed by atoms with Gasteiger partial charge in [0.05, 0.1) is 11.1 Å². The number of halogens is 1. The zero-order chi connectivity index (χ0) is 20.4. The van der Waals surface area contributed by atoms with Crippen LogP contribution in [0.1, 0.15) is 20.7 Å². The number of nitrogens with one attached hydrogen (secondary N) is 2. The minimum atomic E-state index is -1.12. The van der Waals surface area contributed by atoms with Gasteiger partial charge in [0.1, 0.15) is 22.6 Å². The molecule has 0 radical (unpaired) electrons. The average molecular weight is 392 g/mol. The summed E-state index contributed by atoms with van der Waals surface area (Å²) in [6, 6.07) is 13.0. The zero-order valence-electron chi connectivity index (χ0n) is 14.7. The van der Waals surface area contributed by atoms with Crippen molar-refractivity contribution in [3.8, 4) is 11.6 Å². The van der Waals surface area contributed by atoms with Gasteiger partial charge >= 0.3 is 5.97 Å². The number of carboxylic acids is 1. The highest BCUT2D eigenvalue weighted by Crippen LogP contribution is 2.24. The smallest absolute Gasteiger partial charge is 0.337 e. The summed E-state index contributed by atoms with van der Waals surface area (Å²) in [5.74, 6) is -1.68. The Hall–Kier alpha value is -4.27. The molecule has 0 saturated carbocycles. The first-order chi connectivity index (χ1) is 14.0. The number of carbonyl (C=O) groups excluding carboxylic acids is 1. The maximum atomic E-state index is 13.1. The van der Waals surface area contributed by atoms with Crippen LogP contribution in [0.15, 0.2) is 60.8 Å². The average Bonchev–Trinajstić information content (AvgIpc) is 3.12. The van der Waals surface area contributed by atoms with Crippen molar-refractivity contribution in [3.63, 3.8) is 0 Å². The monoisotopic (exact) mass is 392 g/mol. The number of para-hydroxylation sites is 1. The molecule has 2 heterocycles. The number of hydrogen-bond acceptors (Lipinski definition) is 5. The molecular weight excluding hydrogens is 379 g/mol. The number of carbonyl (C=O) groups is 2. The van der Waals surface area contributed by atoms with E-state index in [4.69, 9.17) is 4.74 Å². The number of nitrogens with zero attached hydrogens (tertiary/aromatic N) is 2. The number of hydrogen-bond donors (Lipinski definition) is 3. The molecule has 2 aromatic heterocycles. The lowest BCUT2D eigenvalue weighted by atomic mass is 10.2. The summed E-state index contributed by atoms with van der Waals surface area (Å²) in [6.07, 6.45) is 1.45. The number of carboxylic acid groups (broad SMARTS) is 1. The van der Waals surface area contributed by atoms with E-state index in [1.807, 2.05) is 0 Å². The topological polar surface area (TPSA) is 117 Å². The van der Waals surface area contributed by atoms with E-state index in [1.165, 1.54) is 42.6 Å². The van der Waals surface area contributed by atoms with Gasteiger partial charge in [0.25, 0.3) is 5.91 Å². The van der Waals surface area contributed by atoms with E-state index in [0.29, 0.717) is 11.3 Å². The van der Waals surface area contributed by atoms with Gasteiger partial charge in [-0.2, -0.15) is 0 Å². The standard InChI is InChI=1S/C20H13FN4O4/c21-11-6-8-12(9-7-11)29-18-14(4-2-10-22-18)17(26)25-20-23-15-5-1-3-13(19(27)28)16(15)24-20/h1-10H,(H,27,28)(H2,23,24,25,26). The third-order valence-corrected chi connectivity index (χ3v) is 4.02. The number of aromatic nitrogens is 3. The fourth-order valence-corrected chi connectivity index (χ4v) is 2.70. The van der Waals surface area contributed by atoms with Gasteiger partial charge in [-0.3, -0.25) is 10.1 Å². The number of anilines is 1. The molecule has 29 heavy (non-hydrogen) atoms. The molecule has 1 amide bonds. The summed E-state index contributed by atoms with van der Waals surface area (Å²) in [5.41, 5.74) is 0.829. The second-order valence-corrected chi connectivity index (χ2v) is 5.96. The molecule has 0 aliphatic carbocycles. The second-order valence-electron chi connectivity index (χ2n) is 5.96. The third kappa shape index (κ3) is 3.74. The van der Waals surface area contributed by atoms with Gasteiger partial charge in [-0.25, -0.2) is 19.2 Å². The van der Waals surface area contributed by atoms with Gasteiger partial charge < -0.3 is 14.8 Å². The van der Waals surface area contributed by atoms with Crippen LogP contribution in [0.2, 0.25) is 0 Å². The molecule has 4 rings (SSSR count). The highest BCUT2D eigenvalue weighted by atomic mass is 19.1. The Morgan fingerprint density at radius 2 is 1.79 bits per heavy atom. The van der Waals surface area contributed by atoms with Crippen LogP contribution in [-0.2, 0) is 0 Å². The number of pyridine rings is 1. The molecule has 0 aliphatic heterocycles. The number of aromatic carboxylic acids is 1. The Balaban J connectivity index is 1.61. The predicted octanol–water partition coefficient (Wildman–Crippen LogP) is 3.84. The van der Waals surface area contributed by atoms with Crippen LogP contribution >= 0.6 is 0 Å². The Bertz CT molecular complexity index is 1220. The molecular formula is C20H13FN4O4. The van der Waals surface area contributed by atoms with E-state index >= 15 is 0 Å². The summed E-state index contributed by atoms with van der Waals surface area (Å²) in [7, 11) is 0. The molecule has 0 bridgehead atoms. The largest absolute Gasteiger partial charge is 0.478 e. The first-order valence-corrected chi connectivity index (χ1v) is 8.43. The maximum Gasteiger partial charge on any atom is 0.337 e. The number of amides is 1. The van der Waals surface area contributed by atoms with Gasteiger partial charge in [-0.1, -0.05) is 6.07 Å². The number of imidazole rings is 1. The number of H-pyrrole nitrogens is 1. The molecule has 0 unspecified atom stereocenters. The van der Waals surface area contributed by atoms with Crippen LogP contribution < -0.4 is 10.1 Å². The minimum Gasteiger partial charge on any atom is -0.478 e. The molecule has 0 atom stereocenters. The van der Waals surface area contributed by atoms with E-state index in [0.717, 1.165) is 0 Å². The van der Waals surface area contributed by atoms with E-state index in [-0.39, 0.29) is 28.5 Å². The normalized spacial score (nSPS) is 10.7. The lowest BCUT2D eigenvalue weighted by molar-refractivity contribution is 0.0698. The van der Waals surface area contributed by atoms with Gasteiger partial charge in [0.15, 0.2) is 0 Å². The van der Waals surface area contributed by atoms with Crippen molar-refractivity contribution in [2.24, 2.45) is 0 Å². The van der Waals surface area contributed by atoms with Crippen molar-refractivity contribution in [2.45, 2.75) is 0 Å². The quantitative estimate of drug-likeness (QED) is 0.475. The molecule has 8 nitrogen and oxygen atoms in total. The summed E-state index contributed by atoms with van der Waals surface area (Å²) in [5, 5.41) is 11.8. The first-order valence-electron chi connectivity index (χ1n) is 8.43.